The lowest BCUT2D eigenvalue weighted by molar-refractivity contribution is 0.0181. The van der Waals surface area contributed by atoms with E-state index >= 15 is 0 Å². The zero-order chi connectivity index (χ0) is 20.3. The van der Waals surface area contributed by atoms with E-state index in [1.807, 2.05) is 17.0 Å². The Hall–Kier alpha value is -1.75. The molecule has 28 heavy (non-hydrogen) atoms. The van der Waals surface area contributed by atoms with Gasteiger partial charge in [-0.25, -0.2) is 4.79 Å². The second-order valence-corrected chi connectivity index (χ2v) is 8.97. The molecule has 0 aliphatic carbocycles. The van der Waals surface area contributed by atoms with E-state index in [9.17, 15) is 4.79 Å². The lowest BCUT2D eigenvalue weighted by Crippen LogP contribution is -2.58. The molecule has 0 saturated carbocycles. The first-order valence-corrected chi connectivity index (χ1v) is 10.9. The number of hydrogen-bond donors (Lipinski definition) is 1. The van der Waals surface area contributed by atoms with Gasteiger partial charge in [-0.15, -0.1) is 0 Å². The zero-order valence-corrected chi connectivity index (χ0v) is 18.1. The van der Waals surface area contributed by atoms with Crippen LogP contribution in [0.3, 0.4) is 0 Å². The fourth-order valence-corrected chi connectivity index (χ4v) is 5.11. The summed E-state index contributed by atoms with van der Waals surface area (Å²) in [6.45, 7) is 9.35. The van der Waals surface area contributed by atoms with E-state index < -0.39 is 0 Å². The van der Waals surface area contributed by atoms with Crippen molar-refractivity contribution in [3.8, 4) is 5.75 Å². The van der Waals surface area contributed by atoms with Crippen molar-refractivity contribution in [2.75, 3.05) is 7.11 Å². The van der Waals surface area contributed by atoms with Crippen molar-refractivity contribution in [2.24, 2.45) is 0 Å². The van der Waals surface area contributed by atoms with Gasteiger partial charge in [0.2, 0.25) is 0 Å². The van der Waals surface area contributed by atoms with Crippen LogP contribution < -0.4 is 10.1 Å². The average molecular weight is 388 g/mol. The van der Waals surface area contributed by atoms with E-state index in [0.717, 1.165) is 25.1 Å². The molecule has 1 N–H and O–H groups in total. The lowest BCUT2D eigenvalue weighted by atomic mass is 9.81. The standard InChI is InChI=1S/C23H37N3O2/c1-16(2)26(17(3)4)23(27)24-19-13-20-7-6-8-21(14-19)25(20)15-18-9-11-22(28-5)12-10-18/h9-12,16-17,19-21H,6-8,13-15H2,1-5H3,(H,24,27). The third-order valence-corrected chi connectivity index (χ3v) is 6.32. The van der Waals surface area contributed by atoms with Crippen LogP contribution in [0.2, 0.25) is 0 Å². The molecule has 2 heterocycles. The maximum atomic E-state index is 12.8. The number of urea groups is 1. The number of amides is 2. The zero-order valence-electron chi connectivity index (χ0n) is 18.1. The quantitative estimate of drug-likeness (QED) is 0.786. The fraction of sp³-hybridized carbons (Fsp3) is 0.696. The number of piperidine rings is 2. The molecule has 5 nitrogen and oxygen atoms in total. The normalized spacial score (nSPS) is 25.0. The number of ether oxygens (including phenoxy) is 1. The molecule has 0 aromatic heterocycles. The number of methoxy groups -OCH3 is 1. The third-order valence-electron chi connectivity index (χ3n) is 6.32. The minimum atomic E-state index is 0.0941. The first-order valence-electron chi connectivity index (χ1n) is 10.9. The highest BCUT2D eigenvalue weighted by atomic mass is 16.5. The van der Waals surface area contributed by atoms with E-state index in [0.29, 0.717) is 12.1 Å². The molecule has 2 bridgehead atoms. The Morgan fingerprint density at radius 3 is 2.18 bits per heavy atom. The van der Waals surface area contributed by atoms with Gasteiger partial charge in [0.1, 0.15) is 5.75 Å². The summed E-state index contributed by atoms with van der Waals surface area (Å²) in [4.78, 5) is 17.5. The number of carbonyl (C=O) groups is 1. The first-order chi connectivity index (χ1) is 13.4. The van der Waals surface area contributed by atoms with Crippen molar-refractivity contribution in [1.82, 2.24) is 15.1 Å². The Balaban J connectivity index is 1.63. The molecule has 2 fully saturated rings. The van der Waals surface area contributed by atoms with Gasteiger partial charge < -0.3 is 15.0 Å². The molecule has 2 amide bonds. The predicted octanol–water partition coefficient (Wildman–Crippen LogP) is 4.41. The van der Waals surface area contributed by atoms with Crippen molar-refractivity contribution in [3.05, 3.63) is 29.8 Å². The van der Waals surface area contributed by atoms with Gasteiger partial charge in [0.25, 0.3) is 0 Å². The SMILES string of the molecule is COc1ccc(CN2C3CCCC2CC(NC(=O)N(C(C)C)C(C)C)C3)cc1. The van der Waals surface area contributed by atoms with Gasteiger partial charge in [0.05, 0.1) is 7.11 Å². The van der Waals surface area contributed by atoms with E-state index in [-0.39, 0.29) is 24.2 Å². The van der Waals surface area contributed by atoms with E-state index in [1.54, 1.807) is 7.11 Å². The van der Waals surface area contributed by atoms with Crippen LogP contribution in [0.15, 0.2) is 24.3 Å². The molecular weight excluding hydrogens is 350 g/mol. The molecule has 2 atom stereocenters. The topological polar surface area (TPSA) is 44.8 Å². The Bertz CT molecular complexity index is 622. The minimum Gasteiger partial charge on any atom is -0.497 e. The number of nitrogens with zero attached hydrogens (tertiary/aromatic N) is 2. The molecule has 2 saturated heterocycles. The van der Waals surface area contributed by atoms with Crippen LogP contribution in [0.5, 0.6) is 5.75 Å². The molecule has 5 heteroatoms. The van der Waals surface area contributed by atoms with Crippen LogP contribution in [0.1, 0.15) is 65.4 Å². The second-order valence-electron chi connectivity index (χ2n) is 8.97. The Morgan fingerprint density at radius 1 is 1.11 bits per heavy atom. The Morgan fingerprint density at radius 2 is 1.68 bits per heavy atom. The highest BCUT2D eigenvalue weighted by Crippen LogP contribution is 2.35. The summed E-state index contributed by atoms with van der Waals surface area (Å²) < 4.78 is 5.28. The van der Waals surface area contributed by atoms with Gasteiger partial charge in [-0.1, -0.05) is 18.6 Å². The molecule has 2 unspecified atom stereocenters. The molecule has 3 rings (SSSR count). The van der Waals surface area contributed by atoms with Crippen LogP contribution in [0.25, 0.3) is 0 Å². The van der Waals surface area contributed by atoms with E-state index in [4.69, 9.17) is 4.74 Å². The molecule has 0 radical (unpaired) electrons. The number of hydrogen-bond acceptors (Lipinski definition) is 3. The molecule has 2 aliphatic rings. The van der Waals surface area contributed by atoms with Gasteiger partial charge in [-0.05, 0) is 71.1 Å². The van der Waals surface area contributed by atoms with Crippen molar-refractivity contribution in [2.45, 2.75) is 96.6 Å². The maximum absolute atomic E-state index is 12.8. The smallest absolute Gasteiger partial charge is 0.318 e. The molecule has 1 aromatic carbocycles. The maximum Gasteiger partial charge on any atom is 0.318 e. The molecule has 156 valence electrons. The highest BCUT2D eigenvalue weighted by Gasteiger charge is 2.39. The van der Waals surface area contributed by atoms with Crippen LogP contribution in [-0.4, -0.2) is 53.1 Å². The highest BCUT2D eigenvalue weighted by molar-refractivity contribution is 5.75. The summed E-state index contributed by atoms with van der Waals surface area (Å²) in [5.74, 6) is 0.908. The van der Waals surface area contributed by atoms with E-state index in [2.05, 4.69) is 50.0 Å². The summed E-state index contributed by atoms with van der Waals surface area (Å²) in [6, 6.07) is 10.4. The summed E-state index contributed by atoms with van der Waals surface area (Å²) in [7, 11) is 1.71. The van der Waals surface area contributed by atoms with E-state index in [1.165, 1.54) is 24.8 Å². The third kappa shape index (κ3) is 4.80. The van der Waals surface area contributed by atoms with Gasteiger partial charge in [0.15, 0.2) is 0 Å². The summed E-state index contributed by atoms with van der Waals surface area (Å²) in [5, 5.41) is 3.35. The van der Waals surface area contributed by atoms with Gasteiger partial charge in [0, 0.05) is 36.8 Å². The predicted molar refractivity (Wildman–Crippen MR) is 114 cm³/mol. The Labute approximate surface area is 170 Å². The number of benzene rings is 1. The second kappa shape index (κ2) is 9.17. The van der Waals surface area contributed by atoms with Crippen molar-refractivity contribution >= 4 is 6.03 Å². The van der Waals surface area contributed by atoms with Crippen LogP contribution in [0, 0.1) is 0 Å². The fourth-order valence-electron chi connectivity index (χ4n) is 5.11. The summed E-state index contributed by atoms with van der Waals surface area (Å²) in [6.07, 6.45) is 5.89. The van der Waals surface area contributed by atoms with Crippen LogP contribution in [-0.2, 0) is 6.54 Å². The summed E-state index contributed by atoms with van der Waals surface area (Å²) in [5.41, 5.74) is 1.34. The van der Waals surface area contributed by atoms with Crippen LogP contribution in [0.4, 0.5) is 4.79 Å². The first kappa shape index (κ1) is 21.0. The van der Waals surface area contributed by atoms with Crippen molar-refractivity contribution in [1.29, 1.82) is 0 Å². The van der Waals surface area contributed by atoms with Gasteiger partial charge >= 0.3 is 6.03 Å². The number of carbonyl (C=O) groups excluding carboxylic acids is 1. The van der Waals surface area contributed by atoms with Gasteiger partial charge in [-0.3, -0.25) is 4.90 Å². The summed E-state index contributed by atoms with van der Waals surface area (Å²) >= 11 is 0. The lowest BCUT2D eigenvalue weighted by Gasteiger charge is -2.49. The Kier molecular flexibility index (Phi) is 6.86. The number of nitrogens with one attached hydrogen (secondary N) is 1. The number of fused-ring (bicyclic) bond motifs is 2. The van der Waals surface area contributed by atoms with Crippen LogP contribution >= 0.6 is 0 Å². The molecular formula is C23H37N3O2. The minimum absolute atomic E-state index is 0.0941. The molecule has 1 aromatic rings. The number of rotatable bonds is 6. The monoisotopic (exact) mass is 387 g/mol. The average Bonchev–Trinajstić information content (AvgIpc) is 2.62. The van der Waals surface area contributed by atoms with Crippen molar-refractivity contribution in [3.63, 3.8) is 0 Å². The van der Waals surface area contributed by atoms with Gasteiger partial charge in [-0.2, -0.15) is 0 Å². The largest absolute Gasteiger partial charge is 0.497 e. The molecule has 0 spiro atoms. The van der Waals surface area contributed by atoms with Crippen molar-refractivity contribution < 1.29 is 9.53 Å². The molecule has 2 aliphatic heterocycles.